The molecule has 4 rings (SSSR count). The lowest BCUT2D eigenvalue weighted by molar-refractivity contribution is 0.0935. The fraction of sp³-hybridized carbons (Fsp3) is 0.227. The normalized spacial score (nSPS) is 11.2. The van der Waals surface area contributed by atoms with Gasteiger partial charge in [-0.05, 0) is 43.2 Å². The van der Waals surface area contributed by atoms with Crippen molar-refractivity contribution in [2.24, 2.45) is 0 Å². The van der Waals surface area contributed by atoms with Gasteiger partial charge in [-0.25, -0.2) is 4.98 Å². The Hall–Kier alpha value is -3.41. The largest absolute Gasteiger partial charge is 0.444 e. The number of amides is 1. The lowest BCUT2D eigenvalue weighted by atomic mass is 10.1. The Kier molecular flexibility index (Phi) is 4.93. The van der Waals surface area contributed by atoms with Crippen molar-refractivity contribution in [1.29, 1.82) is 0 Å². The Morgan fingerprint density at radius 3 is 2.64 bits per heavy atom. The van der Waals surface area contributed by atoms with E-state index in [9.17, 15) is 4.79 Å². The number of carbonyl (C=O) groups excluding carboxylic acids is 1. The summed E-state index contributed by atoms with van der Waals surface area (Å²) in [7, 11) is 0. The molecule has 28 heavy (non-hydrogen) atoms. The number of nitrogens with one attached hydrogen (secondary N) is 1. The van der Waals surface area contributed by atoms with Gasteiger partial charge in [0.25, 0.3) is 5.91 Å². The maximum atomic E-state index is 12.6. The van der Waals surface area contributed by atoms with Gasteiger partial charge in [0.15, 0.2) is 5.58 Å². The highest BCUT2D eigenvalue weighted by Crippen LogP contribution is 2.30. The summed E-state index contributed by atoms with van der Waals surface area (Å²) in [5, 5.41) is 7.91. The number of nitrogens with zero attached hydrogens (tertiary/aromatic N) is 2. The van der Waals surface area contributed by atoms with Gasteiger partial charge >= 0.3 is 0 Å². The number of benzene rings is 2. The Morgan fingerprint density at radius 1 is 1.11 bits per heavy atom. The van der Waals surface area contributed by atoms with Crippen LogP contribution < -0.4 is 5.32 Å². The van der Waals surface area contributed by atoms with Crippen molar-refractivity contribution in [3.05, 3.63) is 60.4 Å². The molecule has 0 aliphatic rings. The maximum absolute atomic E-state index is 12.6. The summed E-state index contributed by atoms with van der Waals surface area (Å²) in [6.07, 6.45) is 3.34. The zero-order valence-electron chi connectivity index (χ0n) is 15.8. The number of oxazole rings is 1. The molecule has 2 aromatic carbocycles. The second-order valence-corrected chi connectivity index (χ2v) is 6.63. The maximum Gasteiger partial charge on any atom is 0.251 e. The molecule has 0 aliphatic heterocycles. The molecule has 142 valence electrons. The fourth-order valence-electron chi connectivity index (χ4n) is 3.12. The van der Waals surface area contributed by atoms with Gasteiger partial charge in [0.1, 0.15) is 17.7 Å². The number of hydrogen-bond donors (Lipinski definition) is 1. The SMILES string of the molecule is CCC(CC)NC(=O)c1ccc2onc(-c3coc(-c4ccccc4)n3)c2c1. The first-order chi connectivity index (χ1) is 13.7. The van der Waals surface area contributed by atoms with Crippen molar-refractivity contribution >= 4 is 16.9 Å². The van der Waals surface area contributed by atoms with Crippen LogP contribution in [0.5, 0.6) is 0 Å². The van der Waals surface area contributed by atoms with Crippen molar-refractivity contribution in [1.82, 2.24) is 15.5 Å². The van der Waals surface area contributed by atoms with E-state index in [2.05, 4.69) is 29.3 Å². The summed E-state index contributed by atoms with van der Waals surface area (Å²) >= 11 is 0. The fourth-order valence-corrected chi connectivity index (χ4v) is 3.12. The van der Waals surface area contributed by atoms with Crippen LogP contribution in [0.4, 0.5) is 0 Å². The van der Waals surface area contributed by atoms with Crippen LogP contribution in [0.25, 0.3) is 33.8 Å². The van der Waals surface area contributed by atoms with Crippen LogP contribution in [0, 0.1) is 0 Å². The summed E-state index contributed by atoms with van der Waals surface area (Å²) in [6, 6.07) is 15.1. The topological polar surface area (TPSA) is 81.2 Å². The smallest absolute Gasteiger partial charge is 0.251 e. The van der Waals surface area contributed by atoms with Crippen molar-refractivity contribution in [2.75, 3.05) is 0 Å². The number of hydrogen-bond acceptors (Lipinski definition) is 5. The van der Waals surface area contributed by atoms with Crippen LogP contribution in [0.2, 0.25) is 0 Å². The molecule has 6 nitrogen and oxygen atoms in total. The lowest BCUT2D eigenvalue weighted by Crippen LogP contribution is -2.33. The molecule has 0 atom stereocenters. The molecule has 0 spiro atoms. The van der Waals surface area contributed by atoms with Gasteiger partial charge in [0, 0.05) is 17.2 Å². The van der Waals surface area contributed by atoms with E-state index in [-0.39, 0.29) is 11.9 Å². The average Bonchev–Trinajstić information content (AvgIpc) is 3.38. The molecule has 0 fully saturated rings. The van der Waals surface area contributed by atoms with Gasteiger partial charge < -0.3 is 14.3 Å². The summed E-state index contributed by atoms with van der Waals surface area (Å²) in [5.41, 5.74) is 3.16. The Labute approximate surface area is 162 Å². The van der Waals surface area contributed by atoms with E-state index in [1.807, 2.05) is 30.3 Å². The monoisotopic (exact) mass is 375 g/mol. The van der Waals surface area contributed by atoms with Crippen molar-refractivity contribution in [3.8, 4) is 22.8 Å². The third-order valence-electron chi connectivity index (χ3n) is 4.82. The lowest BCUT2D eigenvalue weighted by Gasteiger charge is -2.14. The van der Waals surface area contributed by atoms with Crippen LogP contribution in [0.15, 0.2) is 63.7 Å². The summed E-state index contributed by atoms with van der Waals surface area (Å²) in [6.45, 7) is 4.12. The first-order valence-corrected chi connectivity index (χ1v) is 9.41. The highest BCUT2D eigenvalue weighted by Gasteiger charge is 2.18. The van der Waals surface area contributed by atoms with E-state index in [1.165, 1.54) is 0 Å². The predicted molar refractivity (Wildman–Crippen MR) is 107 cm³/mol. The first kappa shape index (κ1) is 18.0. The van der Waals surface area contributed by atoms with Crippen LogP contribution in [-0.2, 0) is 0 Å². The second-order valence-electron chi connectivity index (χ2n) is 6.63. The van der Waals surface area contributed by atoms with E-state index in [4.69, 9.17) is 8.94 Å². The van der Waals surface area contributed by atoms with E-state index in [1.54, 1.807) is 24.5 Å². The highest BCUT2D eigenvalue weighted by molar-refractivity contribution is 6.00. The minimum atomic E-state index is -0.104. The Balaban J connectivity index is 1.67. The first-order valence-electron chi connectivity index (χ1n) is 9.41. The molecule has 0 saturated carbocycles. The van der Waals surface area contributed by atoms with Gasteiger partial charge in [-0.2, -0.15) is 0 Å². The number of rotatable bonds is 6. The van der Waals surface area contributed by atoms with Crippen molar-refractivity contribution in [3.63, 3.8) is 0 Å². The Bertz CT molecular complexity index is 1090. The molecule has 2 aromatic heterocycles. The molecule has 4 aromatic rings. The third-order valence-corrected chi connectivity index (χ3v) is 4.82. The third kappa shape index (κ3) is 3.41. The van der Waals surface area contributed by atoms with Crippen LogP contribution in [0.1, 0.15) is 37.0 Å². The molecule has 0 radical (unpaired) electrons. The molecule has 0 saturated heterocycles. The summed E-state index contributed by atoms with van der Waals surface area (Å²) < 4.78 is 11.0. The zero-order valence-corrected chi connectivity index (χ0v) is 15.8. The molecular weight excluding hydrogens is 354 g/mol. The average molecular weight is 375 g/mol. The number of fused-ring (bicyclic) bond motifs is 1. The molecule has 0 unspecified atom stereocenters. The van der Waals surface area contributed by atoms with Gasteiger partial charge in [-0.3, -0.25) is 4.79 Å². The molecule has 0 bridgehead atoms. The van der Waals surface area contributed by atoms with Gasteiger partial charge in [0.05, 0.1) is 5.39 Å². The number of aromatic nitrogens is 2. The molecule has 1 amide bonds. The van der Waals surface area contributed by atoms with Crippen LogP contribution in [0.3, 0.4) is 0 Å². The van der Waals surface area contributed by atoms with Crippen LogP contribution >= 0.6 is 0 Å². The second kappa shape index (κ2) is 7.68. The molecule has 6 heteroatoms. The highest BCUT2D eigenvalue weighted by atomic mass is 16.5. The quantitative estimate of drug-likeness (QED) is 0.509. The molecule has 0 aliphatic carbocycles. The molecule has 2 heterocycles. The standard InChI is InChI=1S/C22H21N3O3/c1-3-16(4-2)23-21(26)15-10-11-19-17(12-15)20(25-28-19)18-13-27-22(24-18)14-8-6-5-7-9-14/h5-13,16H,3-4H2,1-2H3,(H,23,26). The minimum Gasteiger partial charge on any atom is -0.444 e. The number of carbonyl (C=O) groups is 1. The van der Waals surface area contributed by atoms with E-state index in [0.29, 0.717) is 28.4 Å². The van der Waals surface area contributed by atoms with E-state index < -0.39 is 0 Å². The summed E-state index contributed by atoms with van der Waals surface area (Å²) in [4.78, 5) is 17.1. The van der Waals surface area contributed by atoms with Gasteiger partial charge in [-0.1, -0.05) is 37.2 Å². The van der Waals surface area contributed by atoms with E-state index >= 15 is 0 Å². The van der Waals surface area contributed by atoms with Gasteiger partial charge in [0.2, 0.25) is 5.89 Å². The van der Waals surface area contributed by atoms with E-state index in [0.717, 1.165) is 23.8 Å². The zero-order chi connectivity index (χ0) is 19.5. The molecular formula is C22H21N3O3. The Morgan fingerprint density at radius 2 is 1.89 bits per heavy atom. The minimum absolute atomic E-state index is 0.104. The molecule has 1 N–H and O–H groups in total. The van der Waals surface area contributed by atoms with Crippen molar-refractivity contribution in [2.45, 2.75) is 32.7 Å². The predicted octanol–water partition coefficient (Wildman–Crippen LogP) is 5.07. The summed E-state index contributed by atoms with van der Waals surface area (Å²) in [5.74, 6) is 0.405. The van der Waals surface area contributed by atoms with Crippen LogP contribution in [-0.4, -0.2) is 22.1 Å². The van der Waals surface area contributed by atoms with Gasteiger partial charge in [-0.15, -0.1) is 0 Å². The van der Waals surface area contributed by atoms with Crippen molar-refractivity contribution < 1.29 is 13.7 Å².